The van der Waals surface area contributed by atoms with Crippen LogP contribution in [0.3, 0.4) is 0 Å². The van der Waals surface area contributed by atoms with Crippen molar-refractivity contribution < 1.29 is 8.78 Å². The van der Waals surface area contributed by atoms with Gasteiger partial charge in [-0.05, 0) is 177 Å². The molecule has 20 rings (SSSR count). The quantitative estimate of drug-likeness (QED) is 0.0301. The lowest BCUT2D eigenvalue weighted by Crippen LogP contribution is -2.17. The summed E-state index contributed by atoms with van der Waals surface area (Å²) in [5.41, 5.74) is 19.0. The highest BCUT2D eigenvalue weighted by Crippen LogP contribution is 2.29. The summed E-state index contributed by atoms with van der Waals surface area (Å²) >= 11 is 12.2. The molecule has 0 amide bonds. The molecule has 0 aliphatic heterocycles. The second-order valence-corrected chi connectivity index (χ2v) is 34.0. The molecule has 0 spiro atoms. The van der Waals surface area contributed by atoms with Crippen LogP contribution in [-0.4, -0.2) is 97.9 Å². The van der Waals surface area contributed by atoms with Crippen molar-refractivity contribution in [1.82, 2.24) is 97.9 Å². The van der Waals surface area contributed by atoms with Gasteiger partial charge in [0.05, 0.1) is 61.2 Å². The van der Waals surface area contributed by atoms with Gasteiger partial charge in [-0.25, -0.2) is 33.7 Å². The number of para-hydroxylation sites is 1. The van der Waals surface area contributed by atoms with Crippen LogP contribution in [0, 0.1) is 39.3 Å². The van der Waals surface area contributed by atoms with Crippen LogP contribution in [0.2, 0.25) is 10.0 Å². The molecular formula is C102H95Cl2F2N25O5. The Kier molecular flexibility index (Phi) is 28.2. The van der Waals surface area contributed by atoms with Gasteiger partial charge in [-0.3, -0.25) is 49.5 Å². The largest absolute Gasteiger partial charge is 0.379 e. The van der Waals surface area contributed by atoms with Gasteiger partial charge in [0.2, 0.25) is 0 Å². The fraction of sp³-hybridized carbons (Fsp3) is 0.167. The Hall–Kier alpha value is -16.6. The summed E-state index contributed by atoms with van der Waals surface area (Å²) in [4.78, 5) is 107. The zero-order valence-electron chi connectivity index (χ0n) is 75.6. The normalized spacial score (nSPS) is 11.2. The summed E-state index contributed by atoms with van der Waals surface area (Å²) in [7, 11) is 0. The zero-order valence-corrected chi connectivity index (χ0v) is 77.1. The third-order valence-corrected chi connectivity index (χ3v) is 22.7. The molecule has 30 nitrogen and oxygen atoms in total. The van der Waals surface area contributed by atoms with Crippen molar-refractivity contribution >= 4 is 80.5 Å². The first-order chi connectivity index (χ1) is 65.6. The van der Waals surface area contributed by atoms with Crippen molar-refractivity contribution in [3.05, 3.63) is 408 Å². The molecule has 10 aromatic heterocycles. The molecule has 0 saturated carbocycles. The van der Waals surface area contributed by atoms with Crippen LogP contribution in [0.1, 0.15) is 102 Å². The number of fused-ring (bicyclic) bond motifs is 5. The molecule has 136 heavy (non-hydrogen) atoms. The number of aromatic amines is 5. The van der Waals surface area contributed by atoms with Gasteiger partial charge >= 0.3 is 0 Å². The molecule has 0 radical (unpaired) electrons. The molecule has 0 bridgehead atoms. The van der Waals surface area contributed by atoms with E-state index >= 15 is 0 Å². The van der Waals surface area contributed by atoms with E-state index < -0.39 is 0 Å². The zero-order chi connectivity index (χ0) is 95.3. The molecule has 20 aromatic rings. The van der Waals surface area contributed by atoms with E-state index in [-0.39, 0.29) is 56.4 Å². The first kappa shape index (κ1) is 92.7. The molecule has 0 aliphatic carbocycles. The third-order valence-electron chi connectivity index (χ3n) is 22.1. The molecule has 0 aliphatic rings. The lowest BCUT2D eigenvalue weighted by molar-refractivity contribution is 0.590. The van der Waals surface area contributed by atoms with E-state index in [4.69, 9.17) is 23.2 Å². The number of rotatable bonds is 22. The Morgan fingerprint density at radius 2 is 0.640 bits per heavy atom. The highest BCUT2D eigenvalue weighted by molar-refractivity contribution is 6.31. The monoisotopic (exact) mass is 1860 g/mol. The van der Waals surface area contributed by atoms with E-state index in [0.29, 0.717) is 129 Å². The molecule has 0 fully saturated rings. The summed E-state index contributed by atoms with van der Waals surface area (Å²) < 4.78 is 32.8. The maximum Gasteiger partial charge on any atom is 0.274 e. The molecule has 10 N–H and O–H groups in total. The van der Waals surface area contributed by atoms with E-state index in [1.54, 1.807) is 24.3 Å². The Balaban J connectivity index is 0.000000123. The molecule has 10 heterocycles. The second kappa shape index (κ2) is 41.5. The number of hydrogen-bond donors (Lipinski definition) is 10. The van der Waals surface area contributed by atoms with Crippen LogP contribution in [0.25, 0.3) is 85.8 Å². The number of halogens is 4. The van der Waals surface area contributed by atoms with Crippen molar-refractivity contribution in [2.45, 2.75) is 113 Å². The highest BCUT2D eigenvalue weighted by Gasteiger charge is 2.20. The standard InChI is InChI=1S/C23H24ClN5O.C20H18ClN5O.C20H18FN5O.C20H19N5O.C19H16FN5O/c1-14-5-10-17(24)11-19(14)25-13-18-12-20(30)29-22(26-18)27-21(28-29)15-6-8-16(9-7-15)23(2,3)4;1-12-3-6-14(7-4-12)19-24-20-23-16(10-18(27)26(20)25-19)11-22-15-8-5-13(2)17(21)9-15;1-2-13-3-9-16(10-4-13)22-12-17-11-18(27)26-20(23-17)24-19(25-26)14-5-7-15(21)8-6-14;1-2-14-8-6-7-11-17(14)21-13-16-12-18(26)25-20(22-16)23-19(24-25)15-9-4-3-5-10-15;1-12-2-8-15(9-3-12)21-11-16-10-17(26)25-19(22-16)23-18(24-25)13-4-6-14(20)7-5-13/h5-12,25H,13H2,1-4H3,(H,26,27,28);3-10,22H,11H2,1-2H3,(H,23,24,25);3-11,22H,2,12H2,1H3,(H,23,24,25);3-12,21H,2,13H2,1H3,(H,22,23,24);2-10,21H,11H2,1H3,(H,22,23,24). The summed E-state index contributed by atoms with van der Waals surface area (Å²) in [6.45, 7) is 20.8. The number of aromatic nitrogens is 20. The summed E-state index contributed by atoms with van der Waals surface area (Å²) in [6.07, 6.45) is 1.93. The molecule has 686 valence electrons. The number of H-pyrrole nitrogens is 5. The number of anilines is 5. The van der Waals surface area contributed by atoms with Crippen molar-refractivity contribution in [1.29, 1.82) is 0 Å². The van der Waals surface area contributed by atoms with Crippen LogP contribution in [0.15, 0.2) is 291 Å². The van der Waals surface area contributed by atoms with Crippen LogP contribution in [0.5, 0.6) is 0 Å². The summed E-state index contributed by atoms with van der Waals surface area (Å²) in [5.74, 6) is 3.71. The summed E-state index contributed by atoms with van der Waals surface area (Å²) in [5, 5.41) is 32.6. The van der Waals surface area contributed by atoms with Crippen molar-refractivity contribution in [2.75, 3.05) is 26.6 Å². The fourth-order valence-corrected chi connectivity index (χ4v) is 14.7. The first-order valence-electron chi connectivity index (χ1n) is 43.8. The minimum absolute atomic E-state index is 0.0775. The number of hydrogen-bond acceptors (Lipinski definition) is 20. The molecule has 10 aromatic carbocycles. The van der Waals surface area contributed by atoms with Gasteiger partial charge in [0.15, 0.2) is 29.1 Å². The van der Waals surface area contributed by atoms with Gasteiger partial charge < -0.3 is 26.6 Å². The van der Waals surface area contributed by atoms with Crippen molar-refractivity contribution in [3.63, 3.8) is 0 Å². The van der Waals surface area contributed by atoms with Crippen LogP contribution >= 0.6 is 23.2 Å². The lowest BCUT2D eigenvalue weighted by Gasteiger charge is -2.18. The predicted molar refractivity (Wildman–Crippen MR) is 530 cm³/mol. The number of nitrogens with one attached hydrogen (secondary N) is 10. The van der Waals surface area contributed by atoms with Crippen molar-refractivity contribution in [3.8, 4) is 56.9 Å². The minimum Gasteiger partial charge on any atom is -0.379 e. The van der Waals surface area contributed by atoms with Crippen LogP contribution in [-0.2, 0) is 51.0 Å². The van der Waals surface area contributed by atoms with Gasteiger partial charge in [-0.2, -0.15) is 47.5 Å². The minimum atomic E-state index is -0.329. The number of aryl methyl sites for hydroxylation is 6. The third kappa shape index (κ3) is 22.9. The Morgan fingerprint density at radius 3 is 1.02 bits per heavy atom. The van der Waals surface area contributed by atoms with E-state index in [0.717, 1.165) is 74.7 Å². The van der Waals surface area contributed by atoms with Crippen molar-refractivity contribution in [2.24, 2.45) is 0 Å². The fourth-order valence-electron chi connectivity index (χ4n) is 14.4. The molecule has 0 saturated heterocycles. The average molecular weight is 1860 g/mol. The molecular weight excluding hydrogens is 1760 g/mol. The molecule has 0 unspecified atom stereocenters. The topological polar surface area (TPSA) is 375 Å². The molecule has 0 atom stereocenters. The smallest absolute Gasteiger partial charge is 0.274 e. The van der Waals surface area contributed by atoms with Crippen LogP contribution in [0.4, 0.5) is 37.2 Å². The van der Waals surface area contributed by atoms with Gasteiger partial charge in [0.25, 0.3) is 56.7 Å². The highest BCUT2D eigenvalue weighted by atomic mass is 35.5. The number of nitrogens with zero attached hydrogens (tertiary/aromatic N) is 15. The Labute approximate surface area is 787 Å². The maximum absolute atomic E-state index is 13.1. The molecule has 34 heteroatoms. The Morgan fingerprint density at radius 1 is 0.316 bits per heavy atom. The van der Waals surface area contributed by atoms with Crippen LogP contribution < -0.4 is 54.4 Å². The van der Waals surface area contributed by atoms with E-state index in [1.165, 1.54) is 99.4 Å². The van der Waals surface area contributed by atoms with Gasteiger partial charge in [-0.1, -0.05) is 202 Å². The Bertz CT molecular complexity index is 7960. The lowest BCUT2D eigenvalue weighted by atomic mass is 9.87. The SMILES string of the molecule is CCc1ccc(NCc2cc(=O)n3[nH]c(-c4ccc(F)cc4)nc3n2)cc1.CCc1ccccc1NCc1cc(=O)n2[nH]c(-c3ccccc3)nc2n1.Cc1ccc(-c2nc3nc(CNc4ccc(C)c(Cl)c4)cc(=O)n3[nH]2)cc1.Cc1ccc(Cl)cc1NCc1cc(=O)n2[nH]c(-c3ccc(C(C)(C)C)cc3)nc2n1.Cc1ccc(NCc2cc(=O)n3[nH]c(-c4ccc(F)cc4)nc3n2)cc1. The first-order valence-corrected chi connectivity index (χ1v) is 44.5. The maximum atomic E-state index is 13.1. The summed E-state index contributed by atoms with van der Waals surface area (Å²) in [6, 6.07) is 80.6. The average Bonchev–Trinajstić information content (AvgIpc) is 1.67. The van der Waals surface area contributed by atoms with E-state index in [1.807, 2.05) is 185 Å². The van der Waals surface area contributed by atoms with E-state index in [9.17, 15) is 32.8 Å². The van der Waals surface area contributed by atoms with E-state index in [2.05, 4.69) is 167 Å². The second-order valence-electron chi connectivity index (χ2n) is 33.2. The number of benzene rings is 10. The predicted octanol–water partition coefficient (Wildman–Crippen LogP) is 18.7. The van der Waals surface area contributed by atoms with Gasteiger partial charge in [-0.15, -0.1) is 0 Å². The van der Waals surface area contributed by atoms with Gasteiger partial charge in [0, 0.05) is 96.6 Å². The van der Waals surface area contributed by atoms with Gasteiger partial charge in [0.1, 0.15) is 11.6 Å².